The lowest BCUT2D eigenvalue weighted by Gasteiger charge is -2.20. The second-order valence-corrected chi connectivity index (χ2v) is 4.88. The molecule has 1 aromatic rings. The predicted molar refractivity (Wildman–Crippen MR) is 70.3 cm³/mol. The molecule has 0 aromatic heterocycles. The Morgan fingerprint density at radius 3 is 2.47 bits per heavy atom. The fourth-order valence-electron chi connectivity index (χ4n) is 1.89. The van der Waals surface area contributed by atoms with Gasteiger partial charge in [-0.3, -0.25) is 4.79 Å². The van der Waals surface area contributed by atoms with Gasteiger partial charge in [-0.25, -0.2) is 0 Å². The van der Waals surface area contributed by atoms with E-state index in [1.54, 1.807) is 0 Å². The minimum absolute atomic E-state index is 0.139. The molecule has 17 heavy (non-hydrogen) atoms. The minimum Gasteiger partial charge on any atom is -0.339 e. The first-order valence-electron chi connectivity index (χ1n) is 6.18. The number of hydrogen-bond acceptors (Lipinski definition) is 1. The summed E-state index contributed by atoms with van der Waals surface area (Å²) >= 11 is 5.73. The van der Waals surface area contributed by atoms with Gasteiger partial charge in [-0.2, -0.15) is 0 Å². The van der Waals surface area contributed by atoms with Crippen molar-refractivity contribution in [3.8, 4) is 0 Å². The lowest BCUT2D eigenvalue weighted by molar-refractivity contribution is 0.0757. The molecule has 1 aromatic carbocycles. The molecule has 0 bridgehead atoms. The van der Waals surface area contributed by atoms with Crippen molar-refractivity contribution in [2.75, 3.05) is 13.1 Å². The average molecular weight is 252 g/mol. The van der Waals surface area contributed by atoms with Gasteiger partial charge in [0.15, 0.2) is 0 Å². The van der Waals surface area contributed by atoms with Crippen molar-refractivity contribution >= 4 is 17.5 Å². The Labute approximate surface area is 108 Å². The van der Waals surface area contributed by atoms with Gasteiger partial charge in [-0.05, 0) is 43.4 Å². The van der Waals surface area contributed by atoms with Crippen LogP contribution < -0.4 is 0 Å². The van der Waals surface area contributed by atoms with E-state index in [9.17, 15) is 4.79 Å². The maximum Gasteiger partial charge on any atom is 0.253 e. The normalized spacial score (nSPS) is 14.7. The van der Waals surface area contributed by atoms with E-state index in [-0.39, 0.29) is 5.91 Å². The molecule has 1 amide bonds. The lowest BCUT2D eigenvalue weighted by Crippen LogP contribution is -2.32. The molecule has 1 aliphatic rings. The van der Waals surface area contributed by atoms with Crippen molar-refractivity contribution in [3.05, 3.63) is 35.4 Å². The molecule has 2 rings (SSSR count). The van der Waals surface area contributed by atoms with Crippen LogP contribution in [0.4, 0.5) is 0 Å². The van der Waals surface area contributed by atoms with Gasteiger partial charge >= 0.3 is 0 Å². The zero-order valence-corrected chi connectivity index (χ0v) is 10.9. The predicted octanol–water partition coefficient (Wildman–Crippen LogP) is 3.30. The maximum atomic E-state index is 12.2. The zero-order valence-electron chi connectivity index (χ0n) is 10.2. The highest BCUT2D eigenvalue weighted by Crippen LogP contribution is 2.30. The summed E-state index contributed by atoms with van der Waals surface area (Å²) in [6.07, 6.45) is 2.55. The third-order valence-electron chi connectivity index (χ3n) is 3.20. The summed E-state index contributed by atoms with van der Waals surface area (Å²) in [6, 6.07) is 7.58. The second kappa shape index (κ2) is 5.54. The van der Waals surface area contributed by atoms with E-state index in [2.05, 4.69) is 0 Å². The zero-order chi connectivity index (χ0) is 12.3. The number of nitrogens with zero attached hydrogens (tertiary/aromatic N) is 1. The van der Waals surface area contributed by atoms with Crippen molar-refractivity contribution in [1.29, 1.82) is 0 Å². The molecule has 0 N–H and O–H groups in total. The Bertz CT molecular complexity index is 384. The Hall–Kier alpha value is -1.02. The molecule has 1 saturated carbocycles. The van der Waals surface area contributed by atoms with E-state index in [4.69, 9.17) is 11.6 Å². The Morgan fingerprint density at radius 2 is 2.00 bits per heavy atom. The van der Waals surface area contributed by atoms with E-state index >= 15 is 0 Å². The summed E-state index contributed by atoms with van der Waals surface area (Å²) in [5.41, 5.74) is 1.81. The van der Waals surface area contributed by atoms with Crippen LogP contribution in [0.1, 0.15) is 35.7 Å². The Morgan fingerprint density at radius 1 is 1.35 bits per heavy atom. The number of halogens is 1. The first kappa shape index (κ1) is 12.4. The molecule has 0 spiro atoms. The smallest absolute Gasteiger partial charge is 0.253 e. The minimum atomic E-state index is 0.139. The first-order valence-corrected chi connectivity index (χ1v) is 6.72. The Kier molecular flexibility index (Phi) is 4.06. The first-order chi connectivity index (χ1) is 8.24. The number of benzene rings is 1. The molecule has 0 saturated heterocycles. The molecule has 2 nitrogen and oxygen atoms in total. The van der Waals surface area contributed by atoms with E-state index < -0.39 is 0 Å². The highest BCUT2D eigenvalue weighted by atomic mass is 35.5. The number of carbonyl (C=O) groups is 1. The van der Waals surface area contributed by atoms with Gasteiger partial charge in [0.1, 0.15) is 0 Å². The molecule has 1 aliphatic carbocycles. The van der Waals surface area contributed by atoms with Crippen LogP contribution in [0.15, 0.2) is 24.3 Å². The van der Waals surface area contributed by atoms with Crippen molar-refractivity contribution in [2.45, 2.75) is 25.6 Å². The van der Waals surface area contributed by atoms with Gasteiger partial charge in [-0.1, -0.05) is 12.1 Å². The van der Waals surface area contributed by atoms with E-state index in [1.165, 1.54) is 12.8 Å². The van der Waals surface area contributed by atoms with Gasteiger partial charge in [0.2, 0.25) is 0 Å². The van der Waals surface area contributed by atoms with Gasteiger partial charge in [0, 0.05) is 24.5 Å². The number of alkyl halides is 1. The number of amides is 1. The maximum absolute atomic E-state index is 12.2. The van der Waals surface area contributed by atoms with Gasteiger partial charge in [0.25, 0.3) is 5.91 Å². The molecule has 0 heterocycles. The molecular formula is C14H18ClNO. The van der Waals surface area contributed by atoms with Crippen LogP contribution in [0, 0.1) is 5.92 Å². The van der Waals surface area contributed by atoms with E-state index in [0.717, 1.165) is 30.1 Å². The van der Waals surface area contributed by atoms with Crippen LogP contribution in [-0.2, 0) is 5.88 Å². The lowest BCUT2D eigenvalue weighted by atomic mass is 10.1. The van der Waals surface area contributed by atoms with Crippen LogP contribution in [0.3, 0.4) is 0 Å². The summed E-state index contributed by atoms with van der Waals surface area (Å²) < 4.78 is 0. The standard InChI is InChI=1S/C14H18ClNO/c1-2-16(10-12-3-4-12)14(17)13-7-5-11(9-15)6-8-13/h5-8,12H,2-4,9-10H2,1H3. The molecule has 0 radical (unpaired) electrons. The summed E-state index contributed by atoms with van der Waals surface area (Å²) in [5.74, 6) is 1.37. The second-order valence-electron chi connectivity index (χ2n) is 4.62. The van der Waals surface area contributed by atoms with Gasteiger partial charge in [-0.15, -0.1) is 11.6 Å². The monoisotopic (exact) mass is 251 g/mol. The fourth-order valence-corrected chi connectivity index (χ4v) is 2.06. The molecule has 0 unspecified atom stereocenters. The highest BCUT2D eigenvalue weighted by Gasteiger charge is 2.26. The highest BCUT2D eigenvalue weighted by molar-refractivity contribution is 6.17. The van der Waals surface area contributed by atoms with E-state index in [0.29, 0.717) is 5.88 Å². The van der Waals surface area contributed by atoms with Crippen LogP contribution in [0.25, 0.3) is 0 Å². The molecule has 1 fully saturated rings. The quantitative estimate of drug-likeness (QED) is 0.736. The largest absolute Gasteiger partial charge is 0.339 e. The SMILES string of the molecule is CCN(CC1CC1)C(=O)c1ccc(CCl)cc1. The van der Waals surface area contributed by atoms with Crippen molar-refractivity contribution in [1.82, 2.24) is 4.90 Å². The van der Waals surface area contributed by atoms with E-state index in [1.807, 2.05) is 36.1 Å². The molecule has 3 heteroatoms. The average Bonchev–Trinajstić information content (AvgIpc) is 3.19. The van der Waals surface area contributed by atoms with Crippen molar-refractivity contribution < 1.29 is 4.79 Å². The number of carbonyl (C=O) groups excluding carboxylic acids is 1. The van der Waals surface area contributed by atoms with Crippen LogP contribution in [-0.4, -0.2) is 23.9 Å². The topological polar surface area (TPSA) is 20.3 Å². The third-order valence-corrected chi connectivity index (χ3v) is 3.51. The Balaban J connectivity index is 2.04. The molecule has 0 atom stereocenters. The summed E-state index contributed by atoms with van der Waals surface area (Å²) in [4.78, 5) is 14.2. The fraction of sp³-hybridized carbons (Fsp3) is 0.500. The van der Waals surface area contributed by atoms with Crippen LogP contribution in [0.5, 0.6) is 0 Å². The van der Waals surface area contributed by atoms with Crippen molar-refractivity contribution in [2.24, 2.45) is 5.92 Å². The molecule has 92 valence electrons. The van der Waals surface area contributed by atoms with Crippen LogP contribution in [0.2, 0.25) is 0 Å². The summed E-state index contributed by atoms with van der Waals surface area (Å²) in [7, 11) is 0. The van der Waals surface area contributed by atoms with Gasteiger partial charge in [0.05, 0.1) is 0 Å². The van der Waals surface area contributed by atoms with Crippen molar-refractivity contribution in [3.63, 3.8) is 0 Å². The van der Waals surface area contributed by atoms with Gasteiger partial charge < -0.3 is 4.90 Å². The summed E-state index contributed by atoms with van der Waals surface area (Å²) in [5, 5.41) is 0. The molecular weight excluding hydrogens is 234 g/mol. The number of rotatable bonds is 5. The molecule has 0 aliphatic heterocycles. The van der Waals surface area contributed by atoms with Crippen LogP contribution >= 0.6 is 11.6 Å². The third kappa shape index (κ3) is 3.22. The summed E-state index contributed by atoms with van der Waals surface area (Å²) in [6.45, 7) is 3.73. The number of hydrogen-bond donors (Lipinski definition) is 0.